The van der Waals surface area contributed by atoms with Gasteiger partial charge in [0.15, 0.2) is 0 Å². The number of nitrogens with two attached hydrogens (primary N) is 1. The second-order valence-electron chi connectivity index (χ2n) is 14.7. The molecule has 2 heterocycles. The molecule has 0 bridgehead atoms. The number of phenolic OH excluding ortho intramolecular Hbond substituents is 1. The zero-order valence-corrected chi connectivity index (χ0v) is 32.0. The molecule has 12 nitrogen and oxygen atoms in total. The first-order valence-electron chi connectivity index (χ1n) is 19.9. The molecule has 5 rings (SSSR count). The summed E-state index contributed by atoms with van der Waals surface area (Å²) in [5, 5.41) is 15.7. The number of primary amides is 1. The molecular weight excluding hydrogens is 697 g/mol. The molecule has 0 aromatic heterocycles. The van der Waals surface area contributed by atoms with Crippen molar-refractivity contribution in [2.75, 3.05) is 57.7 Å². The number of aromatic hydroxyl groups is 1. The monoisotopic (exact) mass is 754 g/mol. The topological polar surface area (TPSA) is 158 Å². The summed E-state index contributed by atoms with van der Waals surface area (Å²) in [6.45, 7) is 6.38. The first kappa shape index (κ1) is 41.2. The Morgan fingerprint density at radius 3 is 2.16 bits per heavy atom. The molecule has 2 aliphatic rings. The average molecular weight is 755 g/mol. The SMILES string of the molecule is NC(=O)C1CCN(CCCC(=O)N(CCCCCNC(=O)CCN2CCC(OC(=O)Nc3ccccc3-c3ccccc3)CC2)Cc2ccc(O)cc2)CC1. The number of nitrogens with zero attached hydrogens (tertiary/aromatic N) is 3. The standard InChI is InChI=1S/C43H58N6O6/c44-42(53)35-19-27-47(28-20-35)25-9-14-41(52)49(32-33-15-17-36(50)18-16-33)26-8-2-7-24-45-40(51)23-31-48-29-21-37(22-30-48)55-43(54)46-39-13-6-5-12-38(39)34-10-3-1-4-11-34/h1,3-6,10-13,15-18,35,37,50H,2,7-9,14,19-32H2,(H2,44,53)(H,45,51)(H,46,54). The molecule has 0 atom stereocenters. The minimum absolute atomic E-state index is 0.0258. The van der Waals surface area contributed by atoms with Gasteiger partial charge in [-0.25, -0.2) is 4.79 Å². The van der Waals surface area contributed by atoms with Crippen molar-refractivity contribution in [1.29, 1.82) is 0 Å². The highest BCUT2D eigenvalue weighted by molar-refractivity contribution is 5.91. The van der Waals surface area contributed by atoms with Gasteiger partial charge < -0.3 is 35.6 Å². The second-order valence-corrected chi connectivity index (χ2v) is 14.7. The quantitative estimate of drug-likeness (QED) is 0.113. The van der Waals surface area contributed by atoms with E-state index < -0.39 is 6.09 Å². The van der Waals surface area contributed by atoms with Crippen molar-refractivity contribution in [3.63, 3.8) is 0 Å². The minimum Gasteiger partial charge on any atom is -0.508 e. The molecule has 5 N–H and O–H groups in total. The van der Waals surface area contributed by atoms with Gasteiger partial charge >= 0.3 is 6.09 Å². The third-order valence-corrected chi connectivity index (χ3v) is 10.7. The smallest absolute Gasteiger partial charge is 0.411 e. The Morgan fingerprint density at radius 1 is 0.764 bits per heavy atom. The fourth-order valence-electron chi connectivity index (χ4n) is 7.35. The number of para-hydroxylation sites is 1. The summed E-state index contributed by atoms with van der Waals surface area (Å²) in [6, 6.07) is 24.6. The second kappa shape index (κ2) is 21.8. The zero-order chi connectivity index (χ0) is 38.8. The predicted octanol–water partition coefficient (Wildman–Crippen LogP) is 5.76. The number of ether oxygens (including phenoxy) is 1. The van der Waals surface area contributed by atoms with Gasteiger partial charge in [0, 0.05) is 63.6 Å². The van der Waals surface area contributed by atoms with Crippen LogP contribution < -0.4 is 16.4 Å². The fourth-order valence-corrected chi connectivity index (χ4v) is 7.35. The van der Waals surface area contributed by atoms with Gasteiger partial charge in [0.2, 0.25) is 17.7 Å². The van der Waals surface area contributed by atoms with Gasteiger partial charge in [-0.3, -0.25) is 19.7 Å². The lowest BCUT2D eigenvalue weighted by Crippen LogP contribution is -2.40. The van der Waals surface area contributed by atoms with Crippen molar-refractivity contribution in [1.82, 2.24) is 20.0 Å². The first-order valence-corrected chi connectivity index (χ1v) is 19.9. The summed E-state index contributed by atoms with van der Waals surface area (Å²) < 4.78 is 5.76. The summed E-state index contributed by atoms with van der Waals surface area (Å²) in [4.78, 5) is 56.6. The Labute approximate surface area is 325 Å². The summed E-state index contributed by atoms with van der Waals surface area (Å²) in [6.07, 6.45) is 6.54. The number of carbonyl (C=O) groups is 4. The number of piperidine rings is 2. The van der Waals surface area contributed by atoms with E-state index in [1.54, 1.807) is 12.1 Å². The Bertz CT molecular complexity index is 1660. The van der Waals surface area contributed by atoms with Crippen LogP contribution in [-0.4, -0.2) is 102 Å². The summed E-state index contributed by atoms with van der Waals surface area (Å²) in [7, 11) is 0. The van der Waals surface area contributed by atoms with Gasteiger partial charge in [0.25, 0.3) is 0 Å². The number of unbranched alkanes of at least 4 members (excludes halogenated alkanes) is 2. The van der Waals surface area contributed by atoms with Crippen LogP contribution in [0.25, 0.3) is 11.1 Å². The van der Waals surface area contributed by atoms with E-state index in [2.05, 4.69) is 20.4 Å². The summed E-state index contributed by atoms with van der Waals surface area (Å²) in [5.41, 5.74) is 9.10. The van der Waals surface area contributed by atoms with Crippen molar-refractivity contribution < 1.29 is 29.0 Å². The largest absolute Gasteiger partial charge is 0.508 e. The lowest BCUT2D eigenvalue weighted by molar-refractivity contribution is -0.132. The Hall–Kier alpha value is -4.94. The molecule has 3 aromatic rings. The van der Waals surface area contributed by atoms with E-state index in [1.807, 2.05) is 71.6 Å². The molecule has 2 aliphatic heterocycles. The molecule has 2 fully saturated rings. The molecule has 0 spiro atoms. The van der Waals surface area contributed by atoms with Gasteiger partial charge in [0.05, 0.1) is 5.69 Å². The van der Waals surface area contributed by atoms with Crippen LogP contribution in [0.1, 0.15) is 69.8 Å². The van der Waals surface area contributed by atoms with Gasteiger partial charge in [-0.2, -0.15) is 0 Å². The number of hydrogen-bond acceptors (Lipinski definition) is 8. The van der Waals surface area contributed by atoms with Crippen LogP contribution >= 0.6 is 0 Å². The van der Waals surface area contributed by atoms with E-state index in [-0.39, 0.29) is 35.5 Å². The lowest BCUT2D eigenvalue weighted by atomic mass is 9.96. The first-order chi connectivity index (χ1) is 26.7. The maximum absolute atomic E-state index is 13.3. The molecule has 12 heteroatoms. The molecule has 296 valence electrons. The molecule has 0 radical (unpaired) electrons. The summed E-state index contributed by atoms with van der Waals surface area (Å²) >= 11 is 0. The van der Waals surface area contributed by atoms with Crippen molar-refractivity contribution in [3.05, 3.63) is 84.4 Å². The van der Waals surface area contributed by atoms with Crippen molar-refractivity contribution in [2.45, 2.75) is 76.9 Å². The highest BCUT2D eigenvalue weighted by Crippen LogP contribution is 2.28. The average Bonchev–Trinajstić information content (AvgIpc) is 3.20. The van der Waals surface area contributed by atoms with Gasteiger partial charge in [-0.05, 0) is 100 Å². The normalized spacial score (nSPS) is 15.6. The van der Waals surface area contributed by atoms with E-state index in [9.17, 15) is 24.3 Å². The molecule has 2 saturated heterocycles. The van der Waals surface area contributed by atoms with Crippen molar-refractivity contribution in [2.24, 2.45) is 11.7 Å². The number of likely N-dealkylation sites (tertiary alicyclic amines) is 2. The number of hydrogen-bond donors (Lipinski definition) is 4. The van der Waals surface area contributed by atoms with Crippen LogP contribution in [0.5, 0.6) is 5.75 Å². The Morgan fingerprint density at radius 2 is 1.44 bits per heavy atom. The highest BCUT2D eigenvalue weighted by Gasteiger charge is 2.24. The van der Waals surface area contributed by atoms with Crippen LogP contribution in [0, 0.1) is 5.92 Å². The maximum atomic E-state index is 13.3. The third-order valence-electron chi connectivity index (χ3n) is 10.7. The van der Waals surface area contributed by atoms with Crippen molar-refractivity contribution in [3.8, 4) is 16.9 Å². The van der Waals surface area contributed by atoms with Crippen LogP contribution in [0.15, 0.2) is 78.9 Å². The lowest BCUT2D eigenvalue weighted by Gasteiger charge is -2.31. The Balaban J connectivity index is 0.935. The Kier molecular flexibility index (Phi) is 16.4. The molecule has 0 aliphatic carbocycles. The van der Waals surface area contributed by atoms with Crippen LogP contribution in [0.3, 0.4) is 0 Å². The highest BCUT2D eigenvalue weighted by atomic mass is 16.6. The number of rotatable bonds is 19. The zero-order valence-electron chi connectivity index (χ0n) is 32.0. The van der Waals surface area contributed by atoms with E-state index in [0.29, 0.717) is 44.7 Å². The van der Waals surface area contributed by atoms with E-state index >= 15 is 0 Å². The van der Waals surface area contributed by atoms with Gasteiger partial charge in [-0.1, -0.05) is 60.7 Å². The predicted molar refractivity (Wildman–Crippen MR) is 214 cm³/mol. The number of anilines is 1. The number of benzene rings is 3. The van der Waals surface area contributed by atoms with Gasteiger partial charge in [-0.15, -0.1) is 0 Å². The molecule has 0 unspecified atom stereocenters. The number of carbonyl (C=O) groups excluding carboxylic acids is 4. The maximum Gasteiger partial charge on any atom is 0.411 e. The minimum atomic E-state index is -0.454. The van der Waals surface area contributed by atoms with E-state index in [4.69, 9.17) is 10.5 Å². The number of amides is 4. The van der Waals surface area contributed by atoms with Crippen LogP contribution in [0.4, 0.5) is 10.5 Å². The van der Waals surface area contributed by atoms with E-state index in [0.717, 1.165) is 101 Å². The van der Waals surface area contributed by atoms with E-state index in [1.165, 1.54) is 0 Å². The molecule has 55 heavy (non-hydrogen) atoms. The third kappa shape index (κ3) is 14.0. The van der Waals surface area contributed by atoms with Crippen LogP contribution in [0.2, 0.25) is 0 Å². The van der Waals surface area contributed by atoms with Crippen LogP contribution in [-0.2, 0) is 25.7 Å². The van der Waals surface area contributed by atoms with Crippen molar-refractivity contribution >= 4 is 29.5 Å². The molecule has 4 amide bonds. The molecule has 0 saturated carbocycles. The molecular formula is C43H58N6O6. The number of phenols is 1. The fraction of sp³-hybridized carbons (Fsp3) is 0.488. The number of nitrogens with one attached hydrogen (secondary N) is 2. The van der Waals surface area contributed by atoms with Gasteiger partial charge in [0.1, 0.15) is 11.9 Å². The molecule has 3 aromatic carbocycles. The summed E-state index contributed by atoms with van der Waals surface area (Å²) in [5.74, 6) is 0.0700.